The fourth-order valence-corrected chi connectivity index (χ4v) is 11.8. The molecule has 0 saturated carbocycles. The van der Waals surface area contributed by atoms with Gasteiger partial charge in [0.1, 0.15) is 6.61 Å². The molecule has 0 aliphatic rings. The van der Waals surface area contributed by atoms with E-state index in [1.54, 1.807) is 0 Å². The van der Waals surface area contributed by atoms with E-state index in [1.807, 2.05) is 0 Å². The molecular weight excluding hydrogens is 1150 g/mol. The fourth-order valence-electron chi connectivity index (χ4n) is 11.1. The third-order valence-corrected chi connectivity index (χ3v) is 17.6. The molecule has 0 spiro atoms. The molecule has 0 heterocycles. The van der Waals surface area contributed by atoms with Gasteiger partial charge in [-0.05, 0) is 96.3 Å². The van der Waals surface area contributed by atoms with Gasteiger partial charge in [0, 0.05) is 19.4 Å². The molecule has 0 radical (unpaired) electrons. The van der Waals surface area contributed by atoms with Gasteiger partial charge in [-0.25, -0.2) is 4.57 Å². The minimum Gasteiger partial charge on any atom is -0.462 e. The summed E-state index contributed by atoms with van der Waals surface area (Å²) < 4.78 is 33.3. The molecule has 0 fully saturated rings. The van der Waals surface area contributed by atoms with Crippen molar-refractivity contribution in [2.45, 2.75) is 367 Å². The number of rotatable bonds is 72. The summed E-state index contributed by atoms with van der Waals surface area (Å²) in [5, 5.41) is 0. The first-order chi connectivity index (χ1) is 44.8. The first-order valence-electron chi connectivity index (χ1n) is 38.4. The Bertz CT molecular complexity index is 1860. The molecule has 3 N–H and O–H groups in total. The Kier molecular flexibility index (Phi) is 72.9. The van der Waals surface area contributed by atoms with Gasteiger partial charge in [-0.2, -0.15) is 0 Å². The lowest BCUT2D eigenvalue weighted by atomic mass is 10.0. The van der Waals surface area contributed by atoms with Gasteiger partial charge in [0.2, 0.25) is 0 Å². The molecule has 91 heavy (non-hydrogen) atoms. The Morgan fingerprint density at radius 3 is 0.846 bits per heavy atom. The van der Waals surface area contributed by atoms with Crippen molar-refractivity contribution in [3.8, 4) is 0 Å². The van der Waals surface area contributed by atoms with Crippen LogP contribution in [0.3, 0.4) is 0 Å². The maximum absolute atomic E-state index is 12.8. The average molecular weight is 1290 g/mol. The van der Waals surface area contributed by atoms with Gasteiger partial charge in [0.15, 0.2) is 6.10 Å². The Morgan fingerprint density at radius 2 is 0.571 bits per heavy atom. The van der Waals surface area contributed by atoms with Crippen molar-refractivity contribution in [2.75, 3.05) is 26.4 Å². The molecule has 0 aliphatic heterocycles. The molecule has 0 amide bonds. The maximum Gasteiger partial charge on any atom is 0.472 e. The summed E-state index contributed by atoms with van der Waals surface area (Å²) in [6, 6.07) is 0. The SMILES string of the molecule is CC/C=C\C/C=C\C/C=C\C/C=C\C/C=C\CCCCCCCCCCCCCCCCCC(=O)OC(COC(=O)CCCCCCCCCCCCCCCCCCCCCCCCCCCC/C=C\C/C=C\C/C=C\C/C=C\CC)COP(=O)(O)OCCN. The zero-order chi connectivity index (χ0) is 65.8. The summed E-state index contributed by atoms with van der Waals surface area (Å²) in [6.07, 6.45) is 105. The number of carbonyl (C=O) groups excluding carboxylic acids is 2. The Morgan fingerprint density at radius 1 is 0.330 bits per heavy atom. The van der Waals surface area contributed by atoms with Crippen LogP contribution >= 0.6 is 7.82 Å². The number of unbranched alkanes of at least 4 members (excludes halogenated alkanes) is 41. The van der Waals surface area contributed by atoms with Gasteiger partial charge >= 0.3 is 19.8 Å². The molecule has 0 aromatic carbocycles. The number of esters is 2. The molecule has 0 rings (SSSR count). The van der Waals surface area contributed by atoms with Crippen molar-refractivity contribution in [1.82, 2.24) is 0 Å². The molecule has 0 aromatic heterocycles. The van der Waals surface area contributed by atoms with E-state index in [9.17, 15) is 19.0 Å². The first-order valence-corrected chi connectivity index (χ1v) is 39.9. The van der Waals surface area contributed by atoms with E-state index < -0.39 is 26.5 Å². The van der Waals surface area contributed by atoms with Gasteiger partial charge in [-0.15, -0.1) is 0 Å². The van der Waals surface area contributed by atoms with Crippen LogP contribution in [0.4, 0.5) is 0 Å². The van der Waals surface area contributed by atoms with Crippen LogP contribution in [0, 0.1) is 0 Å². The van der Waals surface area contributed by atoms with Gasteiger partial charge in [0.25, 0.3) is 0 Å². The van der Waals surface area contributed by atoms with Crippen molar-refractivity contribution in [1.29, 1.82) is 0 Å². The van der Waals surface area contributed by atoms with Crippen LogP contribution in [0.15, 0.2) is 109 Å². The highest BCUT2D eigenvalue weighted by molar-refractivity contribution is 7.47. The molecule has 2 unspecified atom stereocenters. The average Bonchev–Trinajstić information content (AvgIpc) is 3.71. The van der Waals surface area contributed by atoms with Crippen LogP contribution in [-0.2, 0) is 32.7 Å². The third kappa shape index (κ3) is 75.6. The van der Waals surface area contributed by atoms with E-state index in [4.69, 9.17) is 24.3 Å². The van der Waals surface area contributed by atoms with Crippen LogP contribution in [0.2, 0.25) is 0 Å². The van der Waals surface area contributed by atoms with Crippen molar-refractivity contribution in [3.63, 3.8) is 0 Å². The van der Waals surface area contributed by atoms with Gasteiger partial charge < -0.3 is 20.1 Å². The summed E-state index contributed by atoms with van der Waals surface area (Å²) >= 11 is 0. The summed E-state index contributed by atoms with van der Waals surface area (Å²) in [4.78, 5) is 35.4. The number of hydrogen-bond donors (Lipinski definition) is 2. The number of ether oxygens (including phenoxy) is 2. The number of phosphoric acid groups is 1. The highest BCUT2D eigenvalue weighted by atomic mass is 31.2. The second kappa shape index (κ2) is 75.7. The Labute approximate surface area is 562 Å². The molecule has 9 nitrogen and oxygen atoms in total. The van der Waals surface area contributed by atoms with Gasteiger partial charge in [-0.3, -0.25) is 18.6 Å². The minimum atomic E-state index is -4.40. The predicted molar refractivity (Wildman–Crippen MR) is 395 cm³/mol. The second-order valence-electron chi connectivity index (χ2n) is 25.5. The summed E-state index contributed by atoms with van der Waals surface area (Å²) in [5.41, 5.74) is 5.41. The number of hydrogen-bond acceptors (Lipinski definition) is 8. The number of nitrogens with two attached hydrogens (primary N) is 1. The number of carbonyl (C=O) groups is 2. The Hall–Kier alpha value is -3.33. The van der Waals surface area contributed by atoms with E-state index in [0.29, 0.717) is 6.42 Å². The van der Waals surface area contributed by atoms with Gasteiger partial charge in [0.05, 0.1) is 13.2 Å². The summed E-state index contributed by atoms with van der Waals surface area (Å²) in [6.45, 7) is 3.57. The number of phosphoric ester groups is 1. The highest BCUT2D eigenvalue weighted by Crippen LogP contribution is 2.43. The normalized spacial score (nSPS) is 13.5. The third-order valence-electron chi connectivity index (χ3n) is 16.7. The molecule has 0 aromatic rings. The molecular formula is C81H144NO8P. The monoisotopic (exact) mass is 1290 g/mol. The molecule has 10 heteroatoms. The smallest absolute Gasteiger partial charge is 0.462 e. The standard InChI is InChI=1S/C81H144NO8P/c1-3-5-7-9-11-13-15-17-19-21-23-25-27-29-31-33-35-36-37-38-39-40-41-42-44-45-47-49-51-53-55-57-59-61-63-65-67-69-71-73-80(83)87-77-79(78-89-91(85,86)88-76-75-82)90-81(84)74-72-70-68-66-64-62-60-58-56-54-52-50-48-46-43-34-32-30-28-26-24-22-20-18-16-14-12-10-8-6-4-2/h5-8,11-14,17-20,23-26,30,32,79H,3-4,9-10,15-16,21-22,27-29,31,33-78,82H2,1-2H3,(H,85,86)/b7-5-,8-6-,13-11-,14-12-,19-17-,20-18-,25-23-,26-24-,32-30-. The molecule has 2 atom stereocenters. The maximum atomic E-state index is 12.8. The van der Waals surface area contributed by atoms with Crippen LogP contribution in [0.25, 0.3) is 0 Å². The molecule has 0 aliphatic carbocycles. The minimum absolute atomic E-state index is 0.0522. The molecule has 0 bridgehead atoms. The topological polar surface area (TPSA) is 134 Å². The van der Waals surface area contributed by atoms with Gasteiger partial charge in [-0.1, -0.05) is 361 Å². The van der Waals surface area contributed by atoms with Crippen molar-refractivity contribution in [2.24, 2.45) is 5.73 Å². The lowest BCUT2D eigenvalue weighted by molar-refractivity contribution is -0.161. The zero-order valence-corrected chi connectivity index (χ0v) is 60.2. The van der Waals surface area contributed by atoms with E-state index in [0.717, 1.165) is 96.3 Å². The van der Waals surface area contributed by atoms with Crippen LogP contribution < -0.4 is 5.73 Å². The van der Waals surface area contributed by atoms with Crippen molar-refractivity contribution >= 4 is 19.8 Å². The van der Waals surface area contributed by atoms with Crippen molar-refractivity contribution in [3.05, 3.63) is 109 Å². The van der Waals surface area contributed by atoms with E-state index in [1.165, 1.54) is 231 Å². The quantitative estimate of drug-likeness (QED) is 0.0264. The Balaban J connectivity index is 3.79. The fraction of sp³-hybridized carbons (Fsp3) is 0.753. The first kappa shape index (κ1) is 87.7. The van der Waals surface area contributed by atoms with Crippen molar-refractivity contribution < 1.29 is 37.6 Å². The zero-order valence-electron chi connectivity index (χ0n) is 59.3. The summed E-state index contributed by atoms with van der Waals surface area (Å²) in [7, 11) is -4.40. The highest BCUT2D eigenvalue weighted by Gasteiger charge is 2.26. The van der Waals surface area contributed by atoms with E-state index in [2.05, 4.69) is 123 Å². The summed E-state index contributed by atoms with van der Waals surface area (Å²) in [5.74, 6) is -0.813. The predicted octanol–water partition coefficient (Wildman–Crippen LogP) is 25.6. The van der Waals surface area contributed by atoms with Crippen LogP contribution in [0.5, 0.6) is 0 Å². The second-order valence-corrected chi connectivity index (χ2v) is 26.9. The van der Waals surface area contributed by atoms with E-state index in [-0.39, 0.29) is 38.6 Å². The van der Waals surface area contributed by atoms with Crippen LogP contribution in [-0.4, -0.2) is 49.3 Å². The van der Waals surface area contributed by atoms with E-state index >= 15 is 0 Å². The largest absolute Gasteiger partial charge is 0.472 e. The molecule has 0 saturated heterocycles. The van der Waals surface area contributed by atoms with Crippen LogP contribution in [0.1, 0.15) is 361 Å². The lowest BCUT2D eigenvalue weighted by Crippen LogP contribution is -2.29. The molecule has 526 valence electrons. The lowest BCUT2D eigenvalue weighted by Gasteiger charge is -2.19. The number of allylic oxidation sites excluding steroid dienone is 18.